The second kappa shape index (κ2) is 10.4. The van der Waals surface area contributed by atoms with Gasteiger partial charge in [0, 0.05) is 42.3 Å². The largest absolute Gasteiger partial charge is 0.381 e. The summed E-state index contributed by atoms with van der Waals surface area (Å²) in [5.74, 6) is 0.476. The maximum atomic E-state index is 13.4. The monoisotopic (exact) mass is 467 g/mol. The minimum absolute atomic E-state index is 0.0949. The SMILES string of the molecule is Cc1ccc(NC(=O)c2cc(NCc3ccc(-c4nn[nH]n4)cc3)ccc2N2CCCCC2)cc1. The lowest BCUT2D eigenvalue weighted by Gasteiger charge is -2.30. The molecule has 178 valence electrons. The molecule has 0 spiro atoms. The number of benzene rings is 3. The zero-order valence-electron chi connectivity index (χ0n) is 19.8. The van der Waals surface area contributed by atoms with E-state index in [0.29, 0.717) is 17.9 Å². The molecule has 3 N–H and O–H groups in total. The molecule has 4 aromatic rings. The van der Waals surface area contributed by atoms with Crippen LogP contribution in [0.4, 0.5) is 17.1 Å². The molecule has 8 heteroatoms. The van der Waals surface area contributed by atoms with E-state index >= 15 is 0 Å². The molecule has 1 saturated heterocycles. The third kappa shape index (κ3) is 5.48. The number of carbonyl (C=O) groups excluding carboxylic acids is 1. The highest BCUT2D eigenvalue weighted by molar-refractivity contribution is 6.08. The number of rotatable bonds is 7. The summed E-state index contributed by atoms with van der Waals surface area (Å²) >= 11 is 0. The van der Waals surface area contributed by atoms with Crippen LogP contribution < -0.4 is 15.5 Å². The molecule has 1 aromatic heterocycles. The van der Waals surface area contributed by atoms with Gasteiger partial charge in [0.05, 0.1) is 5.56 Å². The normalized spacial score (nSPS) is 13.5. The van der Waals surface area contributed by atoms with Gasteiger partial charge in [-0.05, 0) is 67.3 Å². The molecule has 2 heterocycles. The van der Waals surface area contributed by atoms with Crippen LogP contribution in [0.3, 0.4) is 0 Å². The van der Waals surface area contributed by atoms with Gasteiger partial charge < -0.3 is 15.5 Å². The van der Waals surface area contributed by atoms with Gasteiger partial charge in [-0.25, -0.2) is 0 Å². The fourth-order valence-corrected chi connectivity index (χ4v) is 4.33. The molecule has 1 fully saturated rings. The average Bonchev–Trinajstić information content (AvgIpc) is 3.45. The maximum Gasteiger partial charge on any atom is 0.257 e. The lowest BCUT2D eigenvalue weighted by Crippen LogP contribution is -2.31. The van der Waals surface area contributed by atoms with E-state index in [2.05, 4.69) is 48.3 Å². The van der Waals surface area contributed by atoms with E-state index in [0.717, 1.165) is 59.7 Å². The molecule has 8 nitrogen and oxygen atoms in total. The minimum Gasteiger partial charge on any atom is -0.381 e. The Morgan fingerprint density at radius 1 is 0.943 bits per heavy atom. The van der Waals surface area contributed by atoms with Gasteiger partial charge in [0.15, 0.2) is 0 Å². The lowest BCUT2D eigenvalue weighted by atomic mass is 10.1. The van der Waals surface area contributed by atoms with Gasteiger partial charge in [-0.2, -0.15) is 5.21 Å². The average molecular weight is 468 g/mol. The Bertz CT molecular complexity index is 1260. The molecule has 35 heavy (non-hydrogen) atoms. The first-order chi connectivity index (χ1) is 17.2. The third-order valence-corrected chi connectivity index (χ3v) is 6.30. The molecule has 5 rings (SSSR count). The highest BCUT2D eigenvalue weighted by Gasteiger charge is 2.19. The summed E-state index contributed by atoms with van der Waals surface area (Å²) in [5, 5.41) is 20.6. The van der Waals surface area contributed by atoms with Crippen molar-refractivity contribution in [3.8, 4) is 11.4 Å². The third-order valence-electron chi connectivity index (χ3n) is 6.30. The number of anilines is 3. The number of hydrogen-bond acceptors (Lipinski definition) is 6. The number of aromatic amines is 1. The smallest absolute Gasteiger partial charge is 0.257 e. The van der Waals surface area contributed by atoms with Crippen molar-refractivity contribution in [3.63, 3.8) is 0 Å². The zero-order valence-corrected chi connectivity index (χ0v) is 19.8. The fraction of sp³-hybridized carbons (Fsp3) is 0.259. The maximum absolute atomic E-state index is 13.4. The number of nitrogens with zero attached hydrogens (tertiary/aromatic N) is 4. The lowest BCUT2D eigenvalue weighted by molar-refractivity contribution is 0.102. The van der Waals surface area contributed by atoms with Crippen LogP contribution in [-0.4, -0.2) is 39.6 Å². The summed E-state index contributed by atoms with van der Waals surface area (Å²) in [6.45, 7) is 4.62. The number of hydrogen-bond donors (Lipinski definition) is 3. The van der Waals surface area contributed by atoms with Gasteiger partial charge >= 0.3 is 0 Å². The number of nitrogens with one attached hydrogen (secondary N) is 3. The molecule has 1 aliphatic heterocycles. The van der Waals surface area contributed by atoms with Crippen molar-refractivity contribution in [1.29, 1.82) is 0 Å². The van der Waals surface area contributed by atoms with E-state index in [4.69, 9.17) is 0 Å². The summed E-state index contributed by atoms with van der Waals surface area (Å²) in [6, 6.07) is 22.0. The van der Waals surface area contributed by atoms with Gasteiger partial charge in [-0.3, -0.25) is 4.79 Å². The van der Waals surface area contributed by atoms with E-state index in [1.165, 1.54) is 6.42 Å². The summed E-state index contributed by atoms with van der Waals surface area (Å²) < 4.78 is 0. The van der Waals surface area contributed by atoms with Crippen molar-refractivity contribution >= 4 is 23.0 Å². The van der Waals surface area contributed by atoms with E-state index in [1.54, 1.807) is 0 Å². The summed E-state index contributed by atoms with van der Waals surface area (Å²) in [5.41, 5.74) is 6.56. The van der Waals surface area contributed by atoms with Gasteiger partial charge in [-0.15, -0.1) is 10.2 Å². The van der Waals surface area contributed by atoms with E-state index in [-0.39, 0.29) is 5.91 Å². The molecule has 0 unspecified atom stereocenters. The van der Waals surface area contributed by atoms with Gasteiger partial charge in [0.25, 0.3) is 5.91 Å². The van der Waals surface area contributed by atoms with Crippen molar-refractivity contribution in [3.05, 3.63) is 83.4 Å². The quantitative estimate of drug-likeness (QED) is 0.353. The van der Waals surface area contributed by atoms with Crippen LogP contribution in [0.1, 0.15) is 40.7 Å². The highest BCUT2D eigenvalue weighted by atomic mass is 16.1. The molecule has 0 radical (unpaired) electrons. The first-order valence-corrected chi connectivity index (χ1v) is 12.0. The van der Waals surface area contributed by atoms with Crippen LogP contribution in [0.5, 0.6) is 0 Å². The molecule has 0 bridgehead atoms. The minimum atomic E-state index is -0.0949. The molecule has 0 atom stereocenters. The van der Waals surface area contributed by atoms with Crippen molar-refractivity contribution < 1.29 is 4.79 Å². The standard InChI is InChI=1S/C27H29N7O/c1-19-5-11-22(12-6-19)29-27(35)24-17-23(13-14-25(24)34-15-3-2-4-16-34)28-18-20-7-9-21(10-8-20)26-30-32-33-31-26/h5-14,17,28H,2-4,15-16,18H2,1H3,(H,29,35)(H,30,31,32,33). The summed E-state index contributed by atoms with van der Waals surface area (Å²) in [4.78, 5) is 15.7. The molecule has 0 aliphatic carbocycles. The number of amides is 1. The molecule has 0 saturated carbocycles. The number of H-pyrrole nitrogens is 1. The number of aryl methyl sites for hydroxylation is 1. The number of tetrazole rings is 1. The Labute approximate surface area is 204 Å². The van der Waals surface area contributed by atoms with Gasteiger partial charge in [0.2, 0.25) is 5.82 Å². The first-order valence-electron chi connectivity index (χ1n) is 12.0. The van der Waals surface area contributed by atoms with Crippen molar-refractivity contribution in [2.75, 3.05) is 28.6 Å². The zero-order chi connectivity index (χ0) is 24.0. The van der Waals surface area contributed by atoms with Gasteiger partial charge in [-0.1, -0.05) is 42.0 Å². The van der Waals surface area contributed by atoms with Crippen LogP contribution in [0, 0.1) is 6.92 Å². The van der Waals surface area contributed by atoms with Crippen LogP contribution >= 0.6 is 0 Å². The van der Waals surface area contributed by atoms with Crippen LogP contribution in [0.25, 0.3) is 11.4 Å². The molecule has 3 aromatic carbocycles. The molecular formula is C27H29N7O. The highest BCUT2D eigenvalue weighted by Crippen LogP contribution is 2.28. The van der Waals surface area contributed by atoms with Crippen LogP contribution in [-0.2, 0) is 6.54 Å². The number of aromatic nitrogens is 4. The molecular weight excluding hydrogens is 438 g/mol. The van der Waals surface area contributed by atoms with E-state index in [1.807, 2.05) is 61.5 Å². The Morgan fingerprint density at radius 3 is 2.40 bits per heavy atom. The number of carbonyl (C=O) groups is 1. The molecule has 1 aliphatic rings. The van der Waals surface area contributed by atoms with Gasteiger partial charge in [0.1, 0.15) is 0 Å². The molecule has 1 amide bonds. The Balaban J connectivity index is 1.34. The van der Waals surface area contributed by atoms with Crippen LogP contribution in [0.2, 0.25) is 0 Å². The predicted octanol–water partition coefficient (Wildman–Crippen LogP) is 5.03. The summed E-state index contributed by atoms with van der Waals surface area (Å²) in [7, 11) is 0. The Morgan fingerprint density at radius 2 is 1.69 bits per heavy atom. The first kappa shape index (κ1) is 22.6. The predicted molar refractivity (Wildman–Crippen MR) is 139 cm³/mol. The summed E-state index contributed by atoms with van der Waals surface area (Å²) in [6.07, 6.45) is 3.55. The topological polar surface area (TPSA) is 98.8 Å². The Kier molecular flexibility index (Phi) is 6.70. The van der Waals surface area contributed by atoms with E-state index < -0.39 is 0 Å². The van der Waals surface area contributed by atoms with Crippen LogP contribution in [0.15, 0.2) is 66.7 Å². The Hall–Kier alpha value is -4.20. The number of piperidine rings is 1. The van der Waals surface area contributed by atoms with Crippen molar-refractivity contribution in [2.45, 2.75) is 32.7 Å². The van der Waals surface area contributed by atoms with Crippen molar-refractivity contribution in [2.24, 2.45) is 0 Å². The fourth-order valence-electron chi connectivity index (χ4n) is 4.33. The van der Waals surface area contributed by atoms with E-state index in [9.17, 15) is 4.79 Å². The van der Waals surface area contributed by atoms with Crippen molar-refractivity contribution in [1.82, 2.24) is 20.6 Å². The second-order valence-electron chi connectivity index (χ2n) is 8.89. The second-order valence-corrected chi connectivity index (χ2v) is 8.89.